The molecule has 0 spiro atoms. The molecule has 0 radical (unpaired) electrons. The monoisotopic (exact) mass is 585 g/mol. The fourth-order valence-electron chi connectivity index (χ4n) is 3.56. The van der Waals surface area contributed by atoms with Gasteiger partial charge in [-0.1, -0.05) is 76.9 Å². The molecule has 5 rings (SSSR count). The maximum atomic E-state index is 12.7. The highest BCUT2D eigenvalue weighted by molar-refractivity contribution is 7.99. The molecule has 0 atom stereocenters. The molecule has 0 saturated heterocycles. The molecular weight excluding hydrogens is 569 g/mol. The van der Waals surface area contributed by atoms with E-state index in [2.05, 4.69) is 20.5 Å². The van der Waals surface area contributed by atoms with Crippen molar-refractivity contribution in [3.8, 4) is 17.1 Å². The zero-order valence-electron chi connectivity index (χ0n) is 19.1. The molecule has 3 aromatic carbocycles. The van der Waals surface area contributed by atoms with E-state index in [1.807, 2.05) is 65.2 Å². The summed E-state index contributed by atoms with van der Waals surface area (Å²) in [7, 11) is 0. The van der Waals surface area contributed by atoms with E-state index in [1.54, 1.807) is 18.3 Å². The predicted molar refractivity (Wildman–Crippen MR) is 153 cm³/mol. The fraction of sp³-hybridized carbons (Fsp3) is 0.0769. The third-order valence-electron chi connectivity index (χ3n) is 5.25. The van der Waals surface area contributed by atoms with Crippen molar-refractivity contribution in [3.63, 3.8) is 0 Å². The van der Waals surface area contributed by atoms with E-state index in [0.29, 0.717) is 37.6 Å². The van der Waals surface area contributed by atoms with E-state index in [1.165, 1.54) is 23.1 Å². The highest BCUT2D eigenvalue weighted by Gasteiger charge is 2.18. The number of hydrogen-bond acceptors (Lipinski definition) is 6. The molecule has 0 fully saturated rings. The highest BCUT2D eigenvalue weighted by Crippen LogP contribution is 2.30. The first kappa shape index (κ1) is 25.8. The van der Waals surface area contributed by atoms with Crippen molar-refractivity contribution < 1.29 is 4.79 Å². The minimum Gasteiger partial charge on any atom is -0.301 e. The summed E-state index contributed by atoms with van der Waals surface area (Å²) in [6, 6.07) is 22.5. The number of nitrogens with one attached hydrogen (secondary N) is 1. The number of rotatable bonds is 8. The lowest BCUT2D eigenvalue weighted by Crippen LogP contribution is -2.14. The van der Waals surface area contributed by atoms with Gasteiger partial charge in [-0.15, -0.1) is 21.5 Å². The second-order valence-electron chi connectivity index (χ2n) is 7.87. The molecule has 11 heteroatoms. The summed E-state index contributed by atoms with van der Waals surface area (Å²) in [5.74, 6) is 0.615. The smallest absolute Gasteiger partial charge is 0.236 e. The van der Waals surface area contributed by atoms with E-state index < -0.39 is 0 Å². The lowest BCUT2D eigenvalue weighted by molar-refractivity contribution is -0.113. The minimum atomic E-state index is -0.196. The maximum absolute atomic E-state index is 12.7. The van der Waals surface area contributed by atoms with Crippen molar-refractivity contribution in [1.29, 1.82) is 0 Å². The number of benzene rings is 3. The Morgan fingerprint density at radius 3 is 2.49 bits per heavy atom. The third-order valence-corrected chi connectivity index (χ3v) is 7.95. The van der Waals surface area contributed by atoms with Crippen molar-refractivity contribution in [2.75, 3.05) is 11.1 Å². The molecule has 186 valence electrons. The zero-order chi connectivity index (χ0) is 25.8. The standard InChI is InChI=1S/C26H18Cl3N5OS2/c27-18-6-9-20(10-7-18)34-24(16-4-2-1-3-5-16)32-33-26(34)36-15-23(35)31-25-30-14-21(37-25)13-17-12-19(28)8-11-22(17)29/h1-12,14H,13,15H2,(H,30,31,35). The van der Waals surface area contributed by atoms with E-state index >= 15 is 0 Å². The number of carbonyl (C=O) groups excluding carboxylic acids is 1. The largest absolute Gasteiger partial charge is 0.301 e. The molecule has 37 heavy (non-hydrogen) atoms. The van der Waals surface area contributed by atoms with Gasteiger partial charge in [-0.2, -0.15) is 0 Å². The number of anilines is 1. The number of aromatic nitrogens is 4. The maximum Gasteiger partial charge on any atom is 0.236 e. The summed E-state index contributed by atoms with van der Waals surface area (Å²) in [5.41, 5.74) is 2.67. The fourth-order valence-corrected chi connectivity index (χ4v) is 5.67. The minimum absolute atomic E-state index is 0.134. The van der Waals surface area contributed by atoms with Gasteiger partial charge in [0.05, 0.1) is 5.75 Å². The van der Waals surface area contributed by atoms with Gasteiger partial charge in [0.25, 0.3) is 0 Å². The van der Waals surface area contributed by atoms with E-state index in [9.17, 15) is 4.79 Å². The lowest BCUT2D eigenvalue weighted by atomic mass is 10.1. The van der Waals surface area contributed by atoms with Crippen LogP contribution in [0, 0.1) is 0 Å². The van der Waals surface area contributed by atoms with Gasteiger partial charge in [0.1, 0.15) is 0 Å². The highest BCUT2D eigenvalue weighted by atomic mass is 35.5. The molecule has 5 aromatic rings. The van der Waals surface area contributed by atoms with E-state index in [-0.39, 0.29) is 11.7 Å². The molecular formula is C26H18Cl3N5OS2. The van der Waals surface area contributed by atoms with Crippen LogP contribution < -0.4 is 5.32 Å². The van der Waals surface area contributed by atoms with Gasteiger partial charge in [-0.3, -0.25) is 9.36 Å². The Labute approximate surface area is 236 Å². The third kappa shape index (κ3) is 6.34. The lowest BCUT2D eigenvalue weighted by Gasteiger charge is -2.10. The average Bonchev–Trinajstić information content (AvgIpc) is 3.53. The van der Waals surface area contributed by atoms with Crippen molar-refractivity contribution in [1.82, 2.24) is 19.7 Å². The number of halogens is 3. The van der Waals surface area contributed by atoms with Crippen LogP contribution in [0.5, 0.6) is 0 Å². The molecule has 0 aliphatic carbocycles. The summed E-state index contributed by atoms with van der Waals surface area (Å²) in [4.78, 5) is 18.0. The normalized spacial score (nSPS) is 11.0. The number of carbonyl (C=O) groups is 1. The van der Waals surface area contributed by atoms with Gasteiger partial charge in [-0.05, 0) is 48.0 Å². The summed E-state index contributed by atoms with van der Waals surface area (Å²) >= 11 is 21.1. The van der Waals surface area contributed by atoms with Gasteiger partial charge in [0.2, 0.25) is 5.91 Å². The summed E-state index contributed by atoms with van der Waals surface area (Å²) in [6.07, 6.45) is 2.31. The van der Waals surface area contributed by atoms with Gasteiger partial charge in [-0.25, -0.2) is 4.98 Å². The second kappa shape index (κ2) is 11.7. The molecule has 6 nitrogen and oxygen atoms in total. The molecule has 1 amide bonds. The average molecular weight is 587 g/mol. The quantitative estimate of drug-likeness (QED) is 0.189. The Kier molecular flexibility index (Phi) is 8.12. The molecule has 0 aliphatic rings. The van der Waals surface area contributed by atoms with Gasteiger partial charge < -0.3 is 5.32 Å². The SMILES string of the molecule is O=C(CSc1nnc(-c2ccccc2)n1-c1ccc(Cl)cc1)Nc1ncc(Cc2cc(Cl)ccc2Cl)s1. The second-order valence-corrected chi connectivity index (χ2v) is 11.2. The summed E-state index contributed by atoms with van der Waals surface area (Å²) in [5, 5.41) is 14.6. The summed E-state index contributed by atoms with van der Waals surface area (Å²) < 4.78 is 1.92. The van der Waals surface area contributed by atoms with Crippen LogP contribution in [0.25, 0.3) is 17.1 Å². The van der Waals surface area contributed by atoms with Crippen molar-refractivity contribution in [3.05, 3.63) is 105 Å². The number of hydrogen-bond donors (Lipinski definition) is 1. The first-order valence-corrected chi connectivity index (χ1v) is 14.0. The van der Waals surface area contributed by atoms with Gasteiger partial charge >= 0.3 is 0 Å². The Morgan fingerprint density at radius 2 is 1.70 bits per heavy atom. The van der Waals surface area contributed by atoms with Crippen LogP contribution >= 0.6 is 57.9 Å². The van der Waals surface area contributed by atoms with Gasteiger partial charge in [0.15, 0.2) is 16.1 Å². The zero-order valence-corrected chi connectivity index (χ0v) is 23.0. The molecule has 0 unspecified atom stereocenters. The van der Waals surface area contributed by atoms with Gasteiger partial charge in [0, 0.05) is 43.8 Å². The van der Waals surface area contributed by atoms with Crippen LogP contribution in [0.2, 0.25) is 15.1 Å². The Bertz CT molecular complexity index is 1540. The molecule has 1 N–H and O–H groups in total. The Morgan fingerprint density at radius 1 is 0.946 bits per heavy atom. The Hall–Kier alpha value is -2.88. The van der Waals surface area contributed by atoms with Crippen LogP contribution in [-0.2, 0) is 11.2 Å². The molecule has 2 aromatic heterocycles. The van der Waals surface area contributed by atoms with Crippen LogP contribution in [-0.4, -0.2) is 31.4 Å². The van der Waals surface area contributed by atoms with E-state index in [0.717, 1.165) is 21.7 Å². The van der Waals surface area contributed by atoms with Crippen LogP contribution in [0.1, 0.15) is 10.4 Å². The summed E-state index contributed by atoms with van der Waals surface area (Å²) in [6.45, 7) is 0. The molecule has 0 bridgehead atoms. The van der Waals surface area contributed by atoms with Crippen molar-refractivity contribution in [2.45, 2.75) is 11.6 Å². The number of nitrogens with zero attached hydrogens (tertiary/aromatic N) is 4. The first-order valence-electron chi connectivity index (χ1n) is 11.0. The topological polar surface area (TPSA) is 72.7 Å². The number of thioether (sulfide) groups is 1. The van der Waals surface area contributed by atoms with Crippen LogP contribution in [0.15, 0.2) is 84.1 Å². The van der Waals surface area contributed by atoms with Crippen LogP contribution in [0.4, 0.5) is 5.13 Å². The van der Waals surface area contributed by atoms with E-state index in [4.69, 9.17) is 34.8 Å². The molecule has 2 heterocycles. The number of amides is 1. The first-order chi connectivity index (χ1) is 18.0. The Balaban J connectivity index is 1.29. The molecule has 0 aliphatic heterocycles. The predicted octanol–water partition coefficient (Wildman–Crippen LogP) is 7.67. The molecule has 0 saturated carbocycles. The number of thiazole rings is 1. The van der Waals surface area contributed by atoms with Crippen molar-refractivity contribution in [2.24, 2.45) is 0 Å². The van der Waals surface area contributed by atoms with Crippen LogP contribution in [0.3, 0.4) is 0 Å². The van der Waals surface area contributed by atoms with Crippen molar-refractivity contribution >= 4 is 68.9 Å².